The van der Waals surface area contributed by atoms with Crippen molar-refractivity contribution in [1.82, 2.24) is 14.8 Å². The molecule has 0 saturated carbocycles. The first kappa shape index (κ1) is 18.9. The number of oxazole rings is 1. The van der Waals surface area contributed by atoms with Crippen LogP contribution in [0.25, 0.3) is 11.3 Å². The summed E-state index contributed by atoms with van der Waals surface area (Å²) in [6, 6.07) is 10.1. The SMILES string of the molecule is CC(C)(N)CN1CCN(Cc2ncc(-c3ccccc3)o2)CC1.Cl. The molecule has 1 aromatic carbocycles. The van der Waals surface area contributed by atoms with Crippen molar-refractivity contribution in [1.29, 1.82) is 0 Å². The van der Waals surface area contributed by atoms with Crippen LogP contribution in [0.15, 0.2) is 40.9 Å². The van der Waals surface area contributed by atoms with Gasteiger partial charge in [0.15, 0.2) is 5.76 Å². The van der Waals surface area contributed by atoms with Crippen molar-refractivity contribution in [3.8, 4) is 11.3 Å². The zero-order valence-electron chi connectivity index (χ0n) is 14.4. The Morgan fingerprint density at radius 3 is 2.33 bits per heavy atom. The molecule has 0 unspecified atom stereocenters. The molecule has 6 heteroatoms. The topological polar surface area (TPSA) is 58.5 Å². The minimum absolute atomic E-state index is 0. The average molecular weight is 351 g/mol. The van der Waals surface area contributed by atoms with E-state index >= 15 is 0 Å². The number of benzene rings is 1. The molecule has 1 aliphatic rings. The highest BCUT2D eigenvalue weighted by atomic mass is 35.5. The van der Waals surface area contributed by atoms with Gasteiger partial charge in [0.1, 0.15) is 0 Å². The summed E-state index contributed by atoms with van der Waals surface area (Å²) in [4.78, 5) is 9.24. The third-order valence-corrected chi connectivity index (χ3v) is 4.07. The van der Waals surface area contributed by atoms with Crippen LogP contribution in [0.2, 0.25) is 0 Å². The van der Waals surface area contributed by atoms with Crippen LogP contribution in [0.1, 0.15) is 19.7 Å². The van der Waals surface area contributed by atoms with Crippen LogP contribution < -0.4 is 5.73 Å². The first-order chi connectivity index (χ1) is 11.0. The molecule has 2 aromatic rings. The van der Waals surface area contributed by atoms with E-state index in [1.54, 1.807) is 0 Å². The molecule has 24 heavy (non-hydrogen) atoms. The molecule has 1 aliphatic heterocycles. The van der Waals surface area contributed by atoms with Crippen molar-refractivity contribution in [2.75, 3.05) is 32.7 Å². The maximum Gasteiger partial charge on any atom is 0.209 e. The van der Waals surface area contributed by atoms with E-state index in [0.717, 1.165) is 56.5 Å². The Morgan fingerprint density at radius 1 is 1.08 bits per heavy atom. The number of nitrogens with zero attached hydrogens (tertiary/aromatic N) is 3. The van der Waals surface area contributed by atoms with Crippen LogP contribution in [0, 0.1) is 0 Å². The van der Waals surface area contributed by atoms with Crippen molar-refractivity contribution in [2.45, 2.75) is 25.9 Å². The summed E-state index contributed by atoms with van der Waals surface area (Å²) in [5.41, 5.74) is 7.04. The Balaban J connectivity index is 0.00000208. The van der Waals surface area contributed by atoms with E-state index in [9.17, 15) is 0 Å². The Labute approximate surface area is 150 Å². The van der Waals surface area contributed by atoms with Gasteiger partial charge in [0, 0.05) is 43.8 Å². The Kier molecular flexibility index (Phi) is 6.40. The van der Waals surface area contributed by atoms with E-state index in [1.807, 2.05) is 36.5 Å². The highest BCUT2D eigenvalue weighted by molar-refractivity contribution is 5.85. The van der Waals surface area contributed by atoms with E-state index in [1.165, 1.54) is 0 Å². The molecule has 132 valence electrons. The fraction of sp³-hybridized carbons (Fsp3) is 0.500. The average Bonchev–Trinajstić information content (AvgIpc) is 2.97. The predicted molar refractivity (Wildman–Crippen MR) is 99.2 cm³/mol. The van der Waals surface area contributed by atoms with Gasteiger partial charge in [0.2, 0.25) is 5.89 Å². The maximum absolute atomic E-state index is 6.10. The van der Waals surface area contributed by atoms with Gasteiger partial charge in [-0.3, -0.25) is 9.80 Å². The summed E-state index contributed by atoms with van der Waals surface area (Å²) in [5.74, 6) is 1.63. The second-order valence-electron chi connectivity index (χ2n) is 7.03. The summed E-state index contributed by atoms with van der Waals surface area (Å²) in [6.45, 7) is 10.0. The van der Waals surface area contributed by atoms with E-state index < -0.39 is 0 Å². The summed E-state index contributed by atoms with van der Waals surface area (Å²) in [5, 5.41) is 0. The van der Waals surface area contributed by atoms with Gasteiger partial charge in [-0.05, 0) is 13.8 Å². The number of rotatable bonds is 5. The lowest BCUT2D eigenvalue weighted by Gasteiger charge is -2.37. The Bertz CT molecular complexity index is 615. The number of aromatic nitrogens is 1. The molecule has 2 heterocycles. The highest BCUT2D eigenvalue weighted by Crippen LogP contribution is 2.20. The van der Waals surface area contributed by atoms with Gasteiger partial charge >= 0.3 is 0 Å². The first-order valence-electron chi connectivity index (χ1n) is 8.23. The van der Waals surface area contributed by atoms with Crippen molar-refractivity contribution in [2.24, 2.45) is 5.73 Å². The summed E-state index contributed by atoms with van der Waals surface area (Å²) in [6.07, 6.45) is 1.82. The number of hydrogen-bond acceptors (Lipinski definition) is 5. The third kappa shape index (κ3) is 5.31. The Morgan fingerprint density at radius 2 is 1.71 bits per heavy atom. The van der Waals surface area contributed by atoms with E-state index in [2.05, 4.69) is 28.6 Å². The Hall–Kier alpha value is -1.40. The quantitative estimate of drug-likeness (QED) is 0.898. The van der Waals surface area contributed by atoms with Crippen LogP contribution in [0.4, 0.5) is 0 Å². The van der Waals surface area contributed by atoms with Crippen molar-refractivity contribution in [3.63, 3.8) is 0 Å². The minimum Gasteiger partial charge on any atom is -0.439 e. The van der Waals surface area contributed by atoms with E-state index in [-0.39, 0.29) is 17.9 Å². The molecule has 0 bridgehead atoms. The third-order valence-electron chi connectivity index (χ3n) is 4.07. The lowest BCUT2D eigenvalue weighted by molar-refractivity contribution is 0.105. The monoisotopic (exact) mass is 350 g/mol. The molecule has 1 aromatic heterocycles. The van der Waals surface area contributed by atoms with Crippen LogP contribution >= 0.6 is 12.4 Å². The van der Waals surface area contributed by atoms with Gasteiger partial charge in [0.25, 0.3) is 0 Å². The van der Waals surface area contributed by atoms with E-state index in [4.69, 9.17) is 10.2 Å². The standard InChI is InChI=1S/C18H26N4O.ClH/c1-18(2,19)14-22-10-8-21(9-11-22)13-17-20-12-16(23-17)15-6-4-3-5-7-15;/h3-7,12H,8-11,13-14,19H2,1-2H3;1H. The smallest absolute Gasteiger partial charge is 0.209 e. The van der Waals surface area contributed by atoms with Crippen molar-refractivity contribution >= 4 is 12.4 Å². The van der Waals surface area contributed by atoms with Crippen LogP contribution in [-0.4, -0.2) is 53.0 Å². The first-order valence-corrected chi connectivity index (χ1v) is 8.23. The number of halogens is 1. The molecule has 0 aliphatic carbocycles. The fourth-order valence-electron chi connectivity index (χ4n) is 2.99. The van der Waals surface area contributed by atoms with Crippen LogP contribution in [0.5, 0.6) is 0 Å². The van der Waals surface area contributed by atoms with Gasteiger partial charge in [-0.25, -0.2) is 4.98 Å². The van der Waals surface area contributed by atoms with Crippen molar-refractivity contribution < 1.29 is 4.42 Å². The number of hydrogen-bond donors (Lipinski definition) is 1. The maximum atomic E-state index is 6.10. The molecule has 5 nitrogen and oxygen atoms in total. The summed E-state index contributed by atoms with van der Waals surface area (Å²) < 4.78 is 5.89. The van der Waals surface area contributed by atoms with Gasteiger partial charge < -0.3 is 10.2 Å². The van der Waals surface area contributed by atoms with Gasteiger partial charge in [-0.2, -0.15) is 0 Å². The second kappa shape index (κ2) is 8.12. The van der Waals surface area contributed by atoms with Crippen LogP contribution in [-0.2, 0) is 6.54 Å². The molecule has 0 radical (unpaired) electrons. The zero-order chi connectivity index (χ0) is 16.3. The molecular formula is C18H27ClN4O. The lowest BCUT2D eigenvalue weighted by atomic mass is 10.1. The molecule has 2 N–H and O–H groups in total. The fourth-order valence-corrected chi connectivity index (χ4v) is 2.99. The number of piperazine rings is 1. The molecule has 1 fully saturated rings. The lowest BCUT2D eigenvalue weighted by Crippen LogP contribution is -2.52. The molecule has 0 spiro atoms. The van der Waals surface area contributed by atoms with Gasteiger partial charge in [-0.1, -0.05) is 30.3 Å². The molecule has 0 atom stereocenters. The van der Waals surface area contributed by atoms with Gasteiger partial charge in [-0.15, -0.1) is 12.4 Å². The normalized spacial score (nSPS) is 16.8. The van der Waals surface area contributed by atoms with E-state index in [0.29, 0.717) is 0 Å². The minimum atomic E-state index is -0.130. The largest absolute Gasteiger partial charge is 0.439 e. The van der Waals surface area contributed by atoms with Crippen molar-refractivity contribution in [3.05, 3.63) is 42.4 Å². The predicted octanol–water partition coefficient (Wildman–Crippen LogP) is 2.62. The zero-order valence-corrected chi connectivity index (χ0v) is 15.3. The summed E-state index contributed by atoms with van der Waals surface area (Å²) >= 11 is 0. The molecule has 1 saturated heterocycles. The van der Waals surface area contributed by atoms with Crippen LogP contribution in [0.3, 0.4) is 0 Å². The molecule has 3 rings (SSSR count). The highest BCUT2D eigenvalue weighted by Gasteiger charge is 2.22. The molecule has 0 amide bonds. The van der Waals surface area contributed by atoms with Gasteiger partial charge in [0.05, 0.1) is 12.7 Å². The number of nitrogens with two attached hydrogens (primary N) is 1. The second-order valence-corrected chi connectivity index (χ2v) is 7.03. The molecular weight excluding hydrogens is 324 g/mol. The summed E-state index contributed by atoms with van der Waals surface area (Å²) in [7, 11) is 0.